The summed E-state index contributed by atoms with van der Waals surface area (Å²) in [5.74, 6) is 0.849. The number of hydrogen-bond donors (Lipinski definition) is 0. The molecule has 3 rings (SSSR count). The Morgan fingerprint density at radius 3 is 2.21 bits per heavy atom. The lowest BCUT2D eigenvalue weighted by Gasteiger charge is -2.41. The Morgan fingerprint density at radius 1 is 0.958 bits per heavy atom. The predicted molar refractivity (Wildman–Crippen MR) is 89.7 cm³/mol. The molecule has 0 radical (unpaired) electrons. The molecule has 1 aromatic rings. The number of alkyl halides is 3. The van der Waals surface area contributed by atoms with Crippen molar-refractivity contribution in [2.45, 2.75) is 51.4 Å². The first-order chi connectivity index (χ1) is 11.4. The van der Waals surface area contributed by atoms with Gasteiger partial charge in [-0.1, -0.05) is 25.1 Å². The highest BCUT2D eigenvalue weighted by Crippen LogP contribution is 2.33. The van der Waals surface area contributed by atoms with Gasteiger partial charge >= 0.3 is 6.18 Å². The summed E-state index contributed by atoms with van der Waals surface area (Å²) in [4.78, 5) is 4.71. The molecule has 1 aliphatic carbocycles. The van der Waals surface area contributed by atoms with Gasteiger partial charge in [-0.2, -0.15) is 13.2 Å². The highest BCUT2D eigenvalue weighted by molar-refractivity contribution is 5.29. The van der Waals surface area contributed by atoms with Crippen LogP contribution in [0.1, 0.15) is 43.7 Å². The van der Waals surface area contributed by atoms with E-state index < -0.39 is 11.7 Å². The average Bonchev–Trinajstić information content (AvgIpc) is 2.56. The van der Waals surface area contributed by atoms with Crippen LogP contribution in [0.25, 0.3) is 0 Å². The van der Waals surface area contributed by atoms with Gasteiger partial charge in [-0.25, -0.2) is 0 Å². The number of halogens is 3. The monoisotopic (exact) mass is 340 g/mol. The molecule has 134 valence electrons. The molecule has 0 amide bonds. The van der Waals surface area contributed by atoms with Gasteiger partial charge in [0.1, 0.15) is 0 Å². The summed E-state index contributed by atoms with van der Waals surface area (Å²) in [6.07, 6.45) is 0.904. The minimum Gasteiger partial charge on any atom is -0.298 e. The number of benzene rings is 1. The Hall–Kier alpha value is -1.07. The van der Waals surface area contributed by atoms with Crippen molar-refractivity contribution in [1.82, 2.24) is 9.80 Å². The SMILES string of the molecule is CC1CCC(N2CCN(Cc3ccccc3C(F)(F)F)CC2)CC1. The van der Waals surface area contributed by atoms with Gasteiger partial charge < -0.3 is 0 Å². The molecule has 1 aliphatic heterocycles. The van der Waals surface area contributed by atoms with Gasteiger partial charge in [-0.15, -0.1) is 0 Å². The van der Waals surface area contributed by atoms with E-state index in [4.69, 9.17) is 0 Å². The van der Waals surface area contributed by atoms with Crippen LogP contribution in [0.3, 0.4) is 0 Å². The van der Waals surface area contributed by atoms with E-state index in [-0.39, 0.29) is 0 Å². The first-order valence-electron chi connectivity index (χ1n) is 9.05. The highest BCUT2D eigenvalue weighted by atomic mass is 19.4. The number of rotatable bonds is 3. The molecular formula is C19H27F3N2. The Kier molecular flexibility index (Phi) is 5.50. The molecule has 2 nitrogen and oxygen atoms in total. The quantitative estimate of drug-likeness (QED) is 0.805. The zero-order valence-corrected chi connectivity index (χ0v) is 14.4. The Bertz CT molecular complexity index is 528. The van der Waals surface area contributed by atoms with E-state index in [0.29, 0.717) is 18.2 Å². The summed E-state index contributed by atoms with van der Waals surface area (Å²) in [6.45, 7) is 6.40. The van der Waals surface area contributed by atoms with Crippen molar-refractivity contribution in [3.63, 3.8) is 0 Å². The fraction of sp³-hybridized carbons (Fsp3) is 0.684. The van der Waals surface area contributed by atoms with Gasteiger partial charge in [0.25, 0.3) is 0 Å². The van der Waals surface area contributed by atoms with Crippen LogP contribution in [-0.4, -0.2) is 42.0 Å². The molecule has 0 atom stereocenters. The van der Waals surface area contributed by atoms with Gasteiger partial charge in [-0.3, -0.25) is 9.80 Å². The molecule has 24 heavy (non-hydrogen) atoms. The predicted octanol–water partition coefficient (Wildman–Crippen LogP) is 4.40. The molecular weight excluding hydrogens is 313 g/mol. The highest BCUT2D eigenvalue weighted by Gasteiger charge is 2.34. The van der Waals surface area contributed by atoms with Crippen LogP contribution in [0.15, 0.2) is 24.3 Å². The van der Waals surface area contributed by atoms with Crippen molar-refractivity contribution in [2.75, 3.05) is 26.2 Å². The van der Waals surface area contributed by atoms with E-state index >= 15 is 0 Å². The molecule has 1 aromatic carbocycles. The zero-order valence-electron chi connectivity index (χ0n) is 14.4. The lowest BCUT2D eigenvalue weighted by molar-refractivity contribution is -0.138. The van der Waals surface area contributed by atoms with Crippen molar-refractivity contribution in [2.24, 2.45) is 5.92 Å². The van der Waals surface area contributed by atoms with E-state index in [1.54, 1.807) is 12.1 Å². The van der Waals surface area contributed by atoms with Crippen LogP contribution in [0.4, 0.5) is 13.2 Å². The maximum Gasteiger partial charge on any atom is 0.416 e. The second-order valence-electron chi connectivity index (χ2n) is 7.38. The molecule has 1 saturated heterocycles. The van der Waals surface area contributed by atoms with Gasteiger partial charge in [0.15, 0.2) is 0 Å². The van der Waals surface area contributed by atoms with Crippen molar-refractivity contribution in [3.8, 4) is 0 Å². The molecule has 0 bridgehead atoms. The molecule has 0 aromatic heterocycles. The number of nitrogens with zero attached hydrogens (tertiary/aromatic N) is 2. The van der Waals surface area contributed by atoms with Crippen LogP contribution in [0.5, 0.6) is 0 Å². The molecule has 0 unspecified atom stereocenters. The fourth-order valence-electron chi connectivity index (χ4n) is 4.07. The fourth-order valence-corrected chi connectivity index (χ4v) is 4.07. The summed E-state index contributed by atoms with van der Waals surface area (Å²) in [5.41, 5.74) is -0.0985. The van der Waals surface area contributed by atoms with Gasteiger partial charge in [0, 0.05) is 38.8 Å². The number of hydrogen-bond acceptors (Lipinski definition) is 2. The van der Waals surface area contributed by atoms with Gasteiger partial charge in [0.2, 0.25) is 0 Å². The minimum absolute atomic E-state index is 0.393. The summed E-state index contributed by atoms with van der Waals surface area (Å²) in [5, 5.41) is 0. The lowest BCUT2D eigenvalue weighted by atomic mass is 9.86. The summed E-state index contributed by atoms with van der Waals surface area (Å²) in [6, 6.07) is 6.65. The summed E-state index contributed by atoms with van der Waals surface area (Å²) in [7, 11) is 0. The largest absolute Gasteiger partial charge is 0.416 e. The van der Waals surface area contributed by atoms with E-state index in [9.17, 15) is 13.2 Å². The van der Waals surface area contributed by atoms with Crippen molar-refractivity contribution >= 4 is 0 Å². The van der Waals surface area contributed by atoms with Crippen molar-refractivity contribution < 1.29 is 13.2 Å². The molecule has 1 heterocycles. The van der Waals surface area contributed by atoms with Crippen LogP contribution in [-0.2, 0) is 12.7 Å². The van der Waals surface area contributed by atoms with E-state index in [1.807, 2.05) is 0 Å². The topological polar surface area (TPSA) is 6.48 Å². The van der Waals surface area contributed by atoms with Gasteiger partial charge in [0.05, 0.1) is 5.56 Å². The van der Waals surface area contributed by atoms with Crippen molar-refractivity contribution in [3.05, 3.63) is 35.4 Å². The second-order valence-corrected chi connectivity index (χ2v) is 7.38. The van der Waals surface area contributed by atoms with E-state index in [0.717, 1.165) is 32.1 Å². The summed E-state index contributed by atoms with van der Waals surface area (Å²) < 4.78 is 39.3. The Balaban J connectivity index is 1.55. The molecule has 2 fully saturated rings. The molecule has 2 aliphatic rings. The van der Waals surface area contributed by atoms with Gasteiger partial charge in [-0.05, 0) is 43.2 Å². The Morgan fingerprint density at radius 2 is 1.58 bits per heavy atom. The molecule has 5 heteroatoms. The molecule has 0 spiro atoms. The third-order valence-corrected chi connectivity index (χ3v) is 5.63. The smallest absolute Gasteiger partial charge is 0.298 e. The molecule has 1 saturated carbocycles. The Labute approximate surface area is 142 Å². The zero-order chi connectivity index (χ0) is 17.2. The first kappa shape index (κ1) is 17.7. The first-order valence-corrected chi connectivity index (χ1v) is 9.05. The van der Waals surface area contributed by atoms with Crippen LogP contribution >= 0.6 is 0 Å². The van der Waals surface area contributed by atoms with Crippen LogP contribution in [0, 0.1) is 5.92 Å². The van der Waals surface area contributed by atoms with Crippen LogP contribution in [0.2, 0.25) is 0 Å². The lowest BCUT2D eigenvalue weighted by Crippen LogP contribution is -2.50. The number of piperazine rings is 1. The third kappa shape index (κ3) is 4.31. The summed E-state index contributed by atoms with van der Waals surface area (Å²) >= 11 is 0. The van der Waals surface area contributed by atoms with Crippen molar-refractivity contribution in [1.29, 1.82) is 0 Å². The molecule has 0 N–H and O–H groups in total. The third-order valence-electron chi connectivity index (χ3n) is 5.63. The van der Waals surface area contributed by atoms with E-state index in [2.05, 4.69) is 16.7 Å². The van der Waals surface area contributed by atoms with E-state index in [1.165, 1.54) is 37.8 Å². The minimum atomic E-state index is -4.27. The second kappa shape index (κ2) is 7.44. The van der Waals surface area contributed by atoms with Crippen LogP contribution < -0.4 is 0 Å². The maximum absolute atomic E-state index is 13.1. The standard InChI is InChI=1S/C19H27F3N2/c1-15-6-8-17(9-7-15)24-12-10-23(11-13-24)14-16-4-2-3-5-18(16)19(20,21)22/h2-5,15,17H,6-14H2,1H3. The average molecular weight is 340 g/mol. The maximum atomic E-state index is 13.1. The normalized spacial score (nSPS) is 27.3.